The predicted octanol–water partition coefficient (Wildman–Crippen LogP) is 15.8. The van der Waals surface area contributed by atoms with E-state index in [9.17, 15) is 19.8 Å². The molecule has 356 valence electrons. The first-order chi connectivity index (χ1) is 30.0. The van der Waals surface area contributed by atoms with Gasteiger partial charge < -0.3 is 20.3 Å². The second-order valence-electron chi connectivity index (χ2n) is 17.9. The Hall–Kier alpha value is -2.18. The molecule has 1 amide bonds. The van der Waals surface area contributed by atoms with E-state index in [1.54, 1.807) is 0 Å². The molecule has 0 aromatic rings. The van der Waals surface area contributed by atoms with Crippen LogP contribution in [-0.2, 0) is 14.3 Å². The van der Waals surface area contributed by atoms with Gasteiger partial charge in [-0.25, -0.2) is 0 Å². The highest BCUT2D eigenvalue weighted by Crippen LogP contribution is 2.17. The molecule has 3 N–H and O–H groups in total. The molecule has 0 aliphatic rings. The average molecular weight is 856 g/mol. The lowest BCUT2D eigenvalue weighted by atomic mass is 10.0. The van der Waals surface area contributed by atoms with Gasteiger partial charge in [-0.3, -0.25) is 9.59 Å². The molecule has 6 heteroatoms. The fraction of sp³-hybridized carbons (Fsp3) is 0.818. The summed E-state index contributed by atoms with van der Waals surface area (Å²) in [5.74, 6) is -0.597. The first-order valence-corrected chi connectivity index (χ1v) is 26.4. The molecule has 0 radical (unpaired) electrons. The van der Waals surface area contributed by atoms with E-state index in [-0.39, 0.29) is 31.3 Å². The molecule has 0 aliphatic carbocycles. The van der Waals surface area contributed by atoms with Crippen LogP contribution in [0.25, 0.3) is 0 Å². The summed E-state index contributed by atoms with van der Waals surface area (Å²) in [4.78, 5) is 26.1. The third-order valence-corrected chi connectivity index (χ3v) is 11.9. The maximum Gasteiger partial charge on any atom is 0.306 e. The van der Waals surface area contributed by atoms with Gasteiger partial charge in [-0.15, -0.1) is 0 Å². The highest BCUT2D eigenvalue weighted by atomic mass is 16.5. The summed E-state index contributed by atoms with van der Waals surface area (Å²) in [7, 11) is 0. The Kier molecular flexibility index (Phi) is 47.1. The van der Waals surface area contributed by atoms with E-state index in [1.807, 2.05) is 6.08 Å². The van der Waals surface area contributed by atoms with Crippen LogP contribution in [-0.4, -0.2) is 46.9 Å². The molecule has 3 atom stereocenters. The molecule has 61 heavy (non-hydrogen) atoms. The van der Waals surface area contributed by atoms with Gasteiger partial charge in [0.05, 0.1) is 25.2 Å². The third kappa shape index (κ3) is 44.2. The number of unbranched alkanes of at least 4 members (excludes halogenated alkanes) is 28. The van der Waals surface area contributed by atoms with Crippen molar-refractivity contribution in [2.24, 2.45) is 0 Å². The standard InChI is InChI=1S/C55H101NO5/c1-4-7-10-13-16-19-22-25-27-30-32-35-38-41-44-47-53(58)52(50-57)56-54(59)49-51(46-43-40-37-34-31-29-26-23-20-17-14-11-8-5-2)61-55(60)48-45-42-39-36-33-28-24-21-18-15-12-9-6-3/h28-29,31,33-34,37,39,42,51-53,57-58H,4-27,30,32,35-36,38,40-41,43-50H2,1-3H3,(H,56,59)/b31-29+,33-28-,37-34+,42-39+. The molecule has 0 saturated carbocycles. The Bertz CT molecular complexity index is 1050. The van der Waals surface area contributed by atoms with Gasteiger partial charge in [-0.05, 0) is 64.2 Å². The Labute approximate surface area is 378 Å². The fourth-order valence-corrected chi connectivity index (χ4v) is 7.89. The molecule has 0 heterocycles. The van der Waals surface area contributed by atoms with Crippen LogP contribution in [0.5, 0.6) is 0 Å². The zero-order chi connectivity index (χ0) is 44.5. The summed E-state index contributed by atoms with van der Waals surface area (Å²) in [6.45, 7) is 6.45. The maximum atomic E-state index is 13.2. The predicted molar refractivity (Wildman–Crippen MR) is 264 cm³/mol. The summed E-state index contributed by atoms with van der Waals surface area (Å²) >= 11 is 0. The highest BCUT2D eigenvalue weighted by molar-refractivity contribution is 5.77. The molecule has 0 saturated heterocycles. The lowest BCUT2D eigenvalue weighted by molar-refractivity contribution is -0.150. The molecular weight excluding hydrogens is 755 g/mol. The molecule has 0 spiro atoms. The Morgan fingerprint density at radius 1 is 0.492 bits per heavy atom. The normalized spacial score (nSPS) is 13.6. The van der Waals surface area contributed by atoms with Gasteiger partial charge in [0.25, 0.3) is 0 Å². The van der Waals surface area contributed by atoms with Gasteiger partial charge >= 0.3 is 5.97 Å². The van der Waals surface area contributed by atoms with E-state index in [2.05, 4.69) is 68.6 Å². The number of amides is 1. The largest absolute Gasteiger partial charge is 0.462 e. The van der Waals surface area contributed by atoms with Gasteiger partial charge in [0.15, 0.2) is 0 Å². The second-order valence-corrected chi connectivity index (χ2v) is 17.9. The number of aliphatic hydroxyl groups is 2. The first kappa shape index (κ1) is 58.8. The van der Waals surface area contributed by atoms with Crippen LogP contribution in [0.1, 0.15) is 265 Å². The molecular formula is C55H101NO5. The van der Waals surface area contributed by atoms with Crippen molar-refractivity contribution in [3.8, 4) is 0 Å². The smallest absolute Gasteiger partial charge is 0.306 e. The van der Waals surface area contributed by atoms with Crippen LogP contribution in [0.15, 0.2) is 48.6 Å². The Balaban J connectivity index is 4.67. The van der Waals surface area contributed by atoms with Crippen molar-refractivity contribution < 1.29 is 24.5 Å². The van der Waals surface area contributed by atoms with Crippen LogP contribution in [0.3, 0.4) is 0 Å². The number of hydrogen-bond donors (Lipinski definition) is 3. The zero-order valence-corrected chi connectivity index (χ0v) is 40.5. The van der Waals surface area contributed by atoms with Crippen molar-refractivity contribution in [1.29, 1.82) is 0 Å². The first-order valence-electron chi connectivity index (χ1n) is 26.4. The Morgan fingerprint density at radius 2 is 0.902 bits per heavy atom. The lowest BCUT2D eigenvalue weighted by Gasteiger charge is -2.24. The van der Waals surface area contributed by atoms with Gasteiger partial charge in [0.2, 0.25) is 5.91 Å². The molecule has 0 aromatic heterocycles. The second kappa shape index (κ2) is 48.8. The van der Waals surface area contributed by atoms with Crippen LogP contribution in [0, 0.1) is 0 Å². The van der Waals surface area contributed by atoms with E-state index in [0.717, 1.165) is 51.4 Å². The zero-order valence-electron chi connectivity index (χ0n) is 40.5. The van der Waals surface area contributed by atoms with Crippen LogP contribution in [0.2, 0.25) is 0 Å². The lowest BCUT2D eigenvalue weighted by Crippen LogP contribution is -2.46. The minimum absolute atomic E-state index is 0.0230. The molecule has 3 unspecified atom stereocenters. The van der Waals surface area contributed by atoms with Gasteiger partial charge in [-0.1, -0.05) is 236 Å². The van der Waals surface area contributed by atoms with Gasteiger partial charge in [-0.2, -0.15) is 0 Å². The van der Waals surface area contributed by atoms with E-state index < -0.39 is 18.2 Å². The quantitative estimate of drug-likeness (QED) is 0.0245. The van der Waals surface area contributed by atoms with Crippen molar-refractivity contribution in [3.63, 3.8) is 0 Å². The number of ether oxygens (including phenoxy) is 1. The number of hydrogen-bond acceptors (Lipinski definition) is 5. The number of allylic oxidation sites excluding steroid dienone is 8. The maximum absolute atomic E-state index is 13.2. The van der Waals surface area contributed by atoms with Crippen molar-refractivity contribution in [3.05, 3.63) is 48.6 Å². The summed E-state index contributed by atoms with van der Waals surface area (Å²) in [6.07, 6.45) is 59.0. The van der Waals surface area contributed by atoms with E-state index >= 15 is 0 Å². The minimum Gasteiger partial charge on any atom is -0.462 e. The summed E-state index contributed by atoms with van der Waals surface area (Å²) in [5.41, 5.74) is 0. The number of carbonyl (C=O) groups excluding carboxylic acids is 2. The monoisotopic (exact) mass is 856 g/mol. The van der Waals surface area contributed by atoms with Crippen LogP contribution in [0.4, 0.5) is 0 Å². The highest BCUT2D eigenvalue weighted by Gasteiger charge is 2.24. The molecule has 0 bridgehead atoms. The summed E-state index contributed by atoms with van der Waals surface area (Å²) in [5, 5.41) is 23.8. The van der Waals surface area contributed by atoms with Gasteiger partial charge in [0.1, 0.15) is 6.10 Å². The number of aliphatic hydroxyl groups excluding tert-OH is 2. The van der Waals surface area contributed by atoms with Crippen LogP contribution < -0.4 is 5.32 Å². The van der Waals surface area contributed by atoms with Crippen molar-refractivity contribution in [2.45, 2.75) is 283 Å². The van der Waals surface area contributed by atoms with E-state index in [4.69, 9.17) is 4.74 Å². The van der Waals surface area contributed by atoms with Crippen molar-refractivity contribution in [1.82, 2.24) is 5.32 Å². The van der Waals surface area contributed by atoms with Crippen LogP contribution >= 0.6 is 0 Å². The topological polar surface area (TPSA) is 95.9 Å². The number of esters is 1. The number of carbonyl (C=O) groups is 2. The molecule has 0 fully saturated rings. The van der Waals surface area contributed by atoms with Crippen molar-refractivity contribution in [2.75, 3.05) is 6.61 Å². The number of nitrogens with one attached hydrogen (secondary N) is 1. The van der Waals surface area contributed by atoms with Crippen molar-refractivity contribution >= 4 is 11.9 Å². The molecule has 6 nitrogen and oxygen atoms in total. The Morgan fingerprint density at radius 3 is 1.38 bits per heavy atom. The van der Waals surface area contributed by atoms with Gasteiger partial charge in [0, 0.05) is 6.42 Å². The average Bonchev–Trinajstić information content (AvgIpc) is 3.25. The summed E-state index contributed by atoms with van der Waals surface area (Å²) < 4.78 is 5.87. The molecule has 0 aliphatic heterocycles. The van der Waals surface area contributed by atoms with E-state index in [0.29, 0.717) is 19.3 Å². The SMILES string of the molecule is CCCCCCCC/C=C\C/C=C/CCC(=O)OC(CCC/C=C/C=C/CCCCCCCCC)CC(=O)NC(CO)C(O)CCCCCCCCCCCCCCCCC. The number of rotatable bonds is 47. The molecule has 0 rings (SSSR count). The minimum atomic E-state index is -0.807. The summed E-state index contributed by atoms with van der Waals surface area (Å²) in [6, 6.07) is -0.726. The van der Waals surface area contributed by atoms with E-state index in [1.165, 1.54) is 161 Å². The third-order valence-electron chi connectivity index (χ3n) is 11.9. The molecule has 0 aromatic carbocycles. The fourth-order valence-electron chi connectivity index (χ4n) is 7.89.